The topological polar surface area (TPSA) is 111 Å². The van der Waals surface area contributed by atoms with Crippen molar-refractivity contribution in [1.29, 1.82) is 5.41 Å². The first-order chi connectivity index (χ1) is 17.8. The van der Waals surface area contributed by atoms with Crippen LogP contribution in [0.1, 0.15) is 22.6 Å². The number of likely N-dealkylation sites (N-methyl/N-ethyl adjacent to an activating group) is 1. The van der Waals surface area contributed by atoms with Crippen molar-refractivity contribution in [3.63, 3.8) is 0 Å². The van der Waals surface area contributed by atoms with Gasteiger partial charge in [0, 0.05) is 64.8 Å². The first-order valence-electron chi connectivity index (χ1n) is 11.9. The van der Waals surface area contributed by atoms with E-state index in [1.165, 1.54) is 0 Å². The Morgan fingerprint density at radius 3 is 2.65 bits per heavy atom. The number of pyridine rings is 3. The van der Waals surface area contributed by atoms with Gasteiger partial charge in [0.2, 0.25) is 0 Å². The van der Waals surface area contributed by atoms with Crippen molar-refractivity contribution < 1.29 is 0 Å². The molecule has 0 spiro atoms. The number of aromatic nitrogens is 6. The molecule has 5 aromatic heterocycles. The number of aryl methyl sites for hydroxylation is 2. The molecule has 5 heterocycles. The fourth-order valence-corrected chi connectivity index (χ4v) is 4.31. The lowest BCUT2D eigenvalue weighted by Gasteiger charge is -2.15. The lowest BCUT2D eigenvalue weighted by Crippen LogP contribution is -2.18. The third-order valence-electron chi connectivity index (χ3n) is 6.02. The zero-order valence-corrected chi connectivity index (χ0v) is 21.4. The maximum atomic E-state index is 9.02. The number of nitrogens with zero attached hydrogens (tertiary/aromatic N) is 6. The summed E-state index contributed by atoms with van der Waals surface area (Å²) in [6.45, 7) is 8.67. The second-order valence-electron chi connectivity index (χ2n) is 9.36. The summed E-state index contributed by atoms with van der Waals surface area (Å²) in [5.74, 6) is 0. The minimum absolute atomic E-state index is 0.346. The fraction of sp³-hybridized carbons (Fsp3) is 0.179. The normalized spacial score (nSPS) is 11.3. The fourth-order valence-electron chi connectivity index (χ4n) is 4.31. The van der Waals surface area contributed by atoms with E-state index in [1.54, 1.807) is 24.9 Å². The zero-order chi connectivity index (χ0) is 26.1. The van der Waals surface area contributed by atoms with Gasteiger partial charge in [0.1, 0.15) is 5.65 Å². The van der Waals surface area contributed by atoms with Crippen LogP contribution >= 0.6 is 0 Å². The highest BCUT2D eigenvalue weighted by atomic mass is 15.1. The highest BCUT2D eigenvalue weighted by Crippen LogP contribution is 2.27. The number of imidazole rings is 1. The van der Waals surface area contributed by atoms with Crippen LogP contribution in [-0.4, -0.2) is 60.7 Å². The molecular weight excluding hydrogens is 462 g/mol. The molecule has 5 aromatic rings. The highest BCUT2D eigenvalue weighted by Gasteiger charge is 2.16. The van der Waals surface area contributed by atoms with E-state index in [4.69, 9.17) is 5.41 Å². The Bertz CT molecular complexity index is 1620. The maximum absolute atomic E-state index is 9.02. The van der Waals surface area contributed by atoms with Crippen LogP contribution in [-0.2, 0) is 0 Å². The van der Waals surface area contributed by atoms with E-state index in [1.807, 2.05) is 74.1 Å². The standard InChI is InChI=1S/C28H29N9/c1-17-15-37(16-33-17)26-6-7-31-28-24(26)10-25(35-28)27(29)23-9-21(12-32-19(23)3)20-8-22(13-30-11-20)34-18(2)14-36(4)5/h6-13,15-16,29,34H,2,14H2,1,3-5H3,(H,31,35). The maximum Gasteiger partial charge on any atom is 0.139 e. The average Bonchev–Trinajstić information content (AvgIpc) is 3.49. The van der Waals surface area contributed by atoms with Gasteiger partial charge in [0.25, 0.3) is 0 Å². The van der Waals surface area contributed by atoms with E-state index in [0.29, 0.717) is 17.1 Å². The molecule has 0 aromatic carbocycles. The van der Waals surface area contributed by atoms with Gasteiger partial charge < -0.3 is 19.8 Å². The van der Waals surface area contributed by atoms with Crippen molar-refractivity contribution in [3.8, 4) is 16.8 Å². The van der Waals surface area contributed by atoms with Crippen molar-refractivity contribution >= 4 is 22.4 Å². The Morgan fingerprint density at radius 1 is 1.08 bits per heavy atom. The molecule has 5 rings (SSSR count). The SMILES string of the molecule is C=C(CN(C)C)Nc1cncc(-c2cnc(C)c(C(=N)c3cc4c(-n5cnc(C)c5)ccnc4[nH]3)c2)c1. The second kappa shape index (κ2) is 9.79. The van der Waals surface area contributed by atoms with Gasteiger partial charge in [-0.05, 0) is 52.2 Å². The molecule has 0 atom stereocenters. The monoisotopic (exact) mass is 491 g/mol. The predicted molar refractivity (Wildman–Crippen MR) is 147 cm³/mol. The lowest BCUT2D eigenvalue weighted by molar-refractivity contribution is 0.447. The van der Waals surface area contributed by atoms with Gasteiger partial charge in [-0.1, -0.05) is 6.58 Å². The minimum atomic E-state index is 0.346. The van der Waals surface area contributed by atoms with Crippen molar-refractivity contribution in [3.05, 3.63) is 96.5 Å². The molecule has 0 radical (unpaired) electrons. The van der Waals surface area contributed by atoms with Crippen LogP contribution in [0.2, 0.25) is 0 Å². The molecule has 9 heteroatoms. The molecule has 0 amide bonds. The van der Waals surface area contributed by atoms with Crippen molar-refractivity contribution in [2.24, 2.45) is 0 Å². The first-order valence-corrected chi connectivity index (χ1v) is 11.9. The summed E-state index contributed by atoms with van der Waals surface area (Å²) < 4.78 is 1.97. The lowest BCUT2D eigenvalue weighted by atomic mass is 10.0. The molecule has 0 aliphatic carbocycles. The molecule has 0 fully saturated rings. The Labute approximate surface area is 215 Å². The molecular formula is C28H29N9. The van der Waals surface area contributed by atoms with Crippen LogP contribution in [0.25, 0.3) is 27.8 Å². The molecule has 0 unspecified atom stereocenters. The van der Waals surface area contributed by atoms with E-state index in [2.05, 4.69) is 36.8 Å². The van der Waals surface area contributed by atoms with Gasteiger partial charge in [-0.25, -0.2) is 9.97 Å². The van der Waals surface area contributed by atoms with E-state index < -0.39 is 0 Å². The highest BCUT2D eigenvalue weighted by molar-refractivity contribution is 6.13. The number of rotatable bonds is 8. The van der Waals surface area contributed by atoms with Crippen molar-refractivity contribution in [2.45, 2.75) is 13.8 Å². The summed E-state index contributed by atoms with van der Waals surface area (Å²) in [5.41, 5.74) is 8.64. The summed E-state index contributed by atoms with van der Waals surface area (Å²) in [4.78, 5) is 23.2. The molecule has 0 aliphatic heterocycles. The van der Waals surface area contributed by atoms with Gasteiger partial charge in [-0.3, -0.25) is 15.4 Å². The number of hydrogen-bond acceptors (Lipinski definition) is 7. The van der Waals surface area contributed by atoms with Crippen LogP contribution < -0.4 is 5.32 Å². The summed E-state index contributed by atoms with van der Waals surface area (Å²) >= 11 is 0. The summed E-state index contributed by atoms with van der Waals surface area (Å²) in [6, 6.07) is 7.91. The van der Waals surface area contributed by atoms with E-state index in [-0.39, 0.29) is 0 Å². The Balaban J connectivity index is 1.47. The van der Waals surface area contributed by atoms with Crippen LogP contribution in [0.4, 0.5) is 5.69 Å². The number of hydrogen-bond donors (Lipinski definition) is 3. The number of aromatic amines is 1. The summed E-state index contributed by atoms with van der Waals surface area (Å²) in [7, 11) is 4.00. The Kier molecular flexibility index (Phi) is 6.37. The third kappa shape index (κ3) is 5.03. The van der Waals surface area contributed by atoms with Crippen LogP contribution in [0, 0.1) is 19.3 Å². The van der Waals surface area contributed by atoms with Crippen LogP contribution in [0.5, 0.6) is 0 Å². The van der Waals surface area contributed by atoms with E-state index >= 15 is 0 Å². The molecule has 0 bridgehead atoms. The number of anilines is 1. The van der Waals surface area contributed by atoms with E-state index in [0.717, 1.165) is 57.1 Å². The third-order valence-corrected chi connectivity index (χ3v) is 6.02. The van der Waals surface area contributed by atoms with Crippen LogP contribution in [0.3, 0.4) is 0 Å². The Hall–Kier alpha value is -4.63. The van der Waals surface area contributed by atoms with Gasteiger partial charge in [-0.15, -0.1) is 0 Å². The molecule has 0 saturated carbocycles. The van der Waals surface area contributed by atoms with E-state index in [9.17, 15) is 0 Å². The van der Waals surface area contributed by atoms with Crippen molar-refractivity contribution in [2.75, 3.05) is 26.0 Å². The van der Waals surface area contributed by atoms with Gasteiger partial charge >= 0.3 is 0 Å². The summed E-state index contributed by atoms with van der Waals surface area (Å²) in [6.07, 6.45) is 10.9. The zero-order valence-electron chi connectivity index (χ0n) is 21.4. The quantitative estimate of drug-likeness (QED) is 0.271. The van der Waals surface area contributed by atoms with Gasteiger partial charge in [0.05, 0.1) is 41.0 Å². The average molecular weight is 492 g/mol. The largest absolute Gasteiger partial charge is 0.357 e. The molecule has 0 aliphatic rings. The number of fused-ring (bicyclic) bond motifs is 1. The molecule has 9 nitrogen and oxygen atoms in total. The number of H-pyrrole nitrogens is 1. The predicted octanol–water partition coefficient (Wildman–Crippen LogP) is 4.73. The van der Waals surface area contributed by atoms with Crippen molar-refractivity contribution in [1.82, 2.24) is 34.4 Å². The molecule has 37 heavy (non-hydrogen) atoms. The van der Waals surface area contributed by atoms with Gasteiger partial charge in [-0.2, -0.15) is 0 Å². The van der Waals surface area contributed by atoms with Gasteiger partial charge in [0.15, 0.2) is 0 Å². The smallest absolute Gasteiger partial charge is 0.139 e. The number of nitrogens with one attached hydrogen (secondary N) is 3. The van der Waals surface area contributed by atoms with Crippen LogP contribution in [0.15, 0.2) is 73.9 Å². The Morgan fingerprint density at radius 2 is 1.89 bits per heavy atom. The summed E-state index contributed by atoms with van der Waals surface area (Å²) in [5, 5.41) is 13.3. The first kappa shape index (κ1) is 24.1. The molecule has 186 valence electrons. The second-order valence-corrected chi connectivity index (χ2v) is 9.36. The minimum Gasteiger partial charge on any atom is -0.357 e. The molecule has 3 N–H and O–H groups in total. The molecule has 0 saturated heterocycles.